The fourth-order valence-corrected chi connectivity index (χ4v) is 2.76. The molecule has 2 aromatic rings. The van der Waals surface area contributed by atoms with Crippen LogP contribution in [0.25, 0.3) is 0 Å². The van der Waals surface area contributed by atoms with E-state index in [1.807, 2.05) is 12.1 Å². The molecule has 2 rings (SSSR count). The first-order chi connectivity index (χ1) is 12.5. The highest BCUT2D eigenvalue weighted by molar-refractivity contribution is 6.30. The van der Waals surface area contributed by atoms with Crippen LogP contribution in [-0.4, -0.2) is 19.1 Å². The van der Waals surface area contributed by atoms with Crippen molar-refractivity contribution in [2.24, 2.45) is 0 Å². The molecule has 0 radical (unpaired) electrons. The Labute approximate surface area is 161 Å². The lowest BCUT2D eigenvalue weighted by molar-refractivity contribution is -0.121. The molecule has 0 saturated heterocycles. The van der Waals surface area contributed by atoms with Crippen LogP contribution in [0.2, 0.25) is 5.02 Å². The molecule has 0 aliphatic rings. The van der Waals surface area contributed by atoms with Gasteiger partial charge in [0.25, 0.3) is 0 Å². The molecular formula is C22H28ClNO2. The van der Waals surface area contributed by atoms with E-state index in [-0.39, 0.29) is 5.91 Å². The number of nitrogens with one attached hydrogen (secondary N) is 1. The molecule has 26 heavy (non-hydrogen) atoms. The van der Waals surface area contributed by atoms with E-state index in [1.54, 1.807) is 12.1 Å². The predicted molar refractivity (Wildman–Crippen MR) is 108 cm³/mol. The van der Waals surface area contributed by atoms with Crippen LogP contribution in [0.5, 0.6) is 5.75 Å². The van der Waals surface area contributed by atoms with Gasteiger partial charge in [0, 0.05) is 18.0 Å². The number of benzene rings is 2. The number of carbonyl (C=O) groups excluding carboxylic acids is 1. The smallest absolute Gasteiger partial charge is 0.220 e. The minimum atomic E-state index is 0.0832. The molecule has 0 fully saturated rings. The van der Waals surface area contributed by atoms with Crippen LogP contribution in [0.3, 0.4) is 0 Å². The summed E-state index contributed by atoms with van der Waals surface area (Å²) >= 11 is 5.82. The summed E-state index contributed by atoms with van der Waals surface area (Å²) in [6, 6.07) is 16.0. The first-order valence-corrected chi connectivity index (χ1v) is 9.66. The van der Waals surface area contributed by atoms with Gasteiger partial charge in [0.1, 0.15) is 5.75 Å². The zero-order valence-electron chi connectivity index (χ0n) is 15.6. The van der Waals surface area contributed by atoms with Gasteiger partial charge in [-0.05, 0) is 60.6 Å². The van der Waals surface area contributed by atoms with Gasteiger partial charge >= 0.3 is 0 Å². The van der Waals surface area contributed by atoms with E-state index in [9.17, 15) is 4.79 Å². The number of hydrogen-bond acceptors (Lipinski definition) is 2. The molecule has 4 heteroatoms. The summed E-state index contributed by atoms with van der Waals surface area (Å²) in [6.07, 6.45) is 3.12. The normalized spacial score (nSPS) is 10.8. The molecule has 0 heterocycles. The van der Waals surface area contributed by atoms with Crippen molar-refractivity contribution >= 4 is 17.5 Å². The largest absolute Gasteiger partial charge is 0.494 e. The lowest BCUT2D eigenvalue weighted by Crippen LogP contribution is -2.24. The maximum absolute atomic E-state index is 11.8. The van der Waals surface area contributed by atoms with Gasteiger partial charge in [-0.15, -0.1) is 0 Å². The Morgan fingerprint density at radius 3 is 2.38 bits per heavy atom. The molecule has 0 atom stereocenters. The summed E-state index contributed by atoms with van der Waals surface area (Å²) in [5, 5.41) is 3.66. The van der Waals surface area contributed by atoms with Gasteiger partial charge in [0.05, 0.1) is 6.61 Å². The Kier molecular flexibility index (Phi) is 8.49. The number of hydrogen-bond donors (Lipinski definition) is 1. The Morgan fingerprint density at radius 2 is 1.73 bits per heavy atom. The predicted octanol–water partition coefficient (Wildman–Crippen LogP) is 5.37. The Bertz CT molecular complexity index is 666. The second-order valence-electron chi connectivity index (χ2n) is 6.76. The average Bonchev–Trinajstić information content (AvgIpc) is 2.64. The van der Waals surface area contributed by atoms with E-state index < -0.39 is 0 Å². The summed E-state index contributed by atoms with van der Waals surface area (Å²) < 4.78 is 5.58. The zero-order valence-corrected chi connectivity index (χ0v) is 16.4. The molecule has 0 aromatic heterocycles. The molecule has 0 bridgehead atoms. The highest BCUT2D eigenvalue weighted by atomic mass is 35.5. The number of carbonyl (C=O) groups is 1. The molecule has 0 aliphatic carbocycles. The topological polar surface area (TPSA) is 38.3 Å². The van der Waals surface area contributed by atoms with Crippen LogP contribution in [0.15, 0.2) is 48.5 Å². The van der Waals surface area contributed by atoms with E-state index >= 15 is 0 Å². The van der Waals surface area contributed by atoms with Crippen molar-refractivity contribution in [3.63, 3.8) is 0 Å². The Hall–Kier alpha value is -2.00. The van der Waals surface area contributed by atoms with Crippen LogP contribution in [0.4, 0.5) is 0 Å². The highest BCUT2D eigenvalue weighted by Gasteiger charge is 2.02. The van der Waals surface area contributed by atoms with Crippen molar-refractivity contribution in [3.05, 3.63) is 64.7 Å². The van der Waals surface area contributed by atoms with E-state index in [1.165, 1.54) is 11.1 Å². The molecule has 1 amide bonds. The van der Waals surface area contributed by atoms with Crippen molar-refractivity contribution in [3.8, 4) is 5.75 Å². The number of ether oxygens (including phenoxy) is 1. The van der Waals surface area contributed by atoms with Crippen LogP contribution < -0.4 is 10.1 Å². The molecule has 0 saturated carbocycles. The standard InChI is InChI=1S/C22H28ClNO2/c1-17(2)19-9-7-18(8-10-19)5-3-15-24-22(25)6-4-16-26-21-13-11-20(23)12-14-21/h7-14,17H,3-6,15-16H2,1-2H3,(H,24,25). The van der Waals surface area contributed by atoms with Gasteiger partial charge in [-0.2, -0.15) is 0 Å². The van der Waals surface area contributed by atoms with Crippen molar-refractivity contribution in [2.45, 2.75) is 45.4 Å². The molecule has 140 valence electrons. The average molecular weight is 374 g/mol. The monoisotopic (exact) mass is 373 g/mol. The minimum Gasteiger partial charge on any atom is -0.494 e. The van der Waals surface area contributed by atoms with Gasteiger partial charge in [-0.25, -0.2) is 0 Å². The van der Waals surface area contributed by atoms with Crippen LogP contribution in [0, 0.1) is 0 Å². The van der Waals surface area contributed by atoms with Crippen molar-refractivity contribution in [1.29, 1.82) is 0 Å². The molecule has 1 N–H and O–H groups in total. The second-order valence-corrected chi connectivity index (χ2v) is 7.19. The quantitative estimate of drug-likeness (QED) is 0.568. The molecular weight excluding hydrogens is 346 g/mol. The molecule has 3 nitrogen and oxygen atoms in total. The molecule has 2 aromatic carbocycles. The van der Waals surface area contributed by atoms with E-state index in [2.05, 4.69) is 43.4 Å². The summed E-state index contributed by atoms with van der Waals surface area (Å²) in [5.74, 6) is 1.42. The van der Waals surface area contributed by atoms with E-state index in [0.29, 0.717) is 36.9 Å². The summed E-state index contributed by atoms with van der Waals surface area (Å²) in [7, 11) is 0. The van der Waals surface area contributed by atoms with Gasteiger partial charge in [0.15, 0.2) is 0 Å². The SMILES string of the molecule is CC(C)c1ccc(CCCNC(=O)CCCOc2ccc(Cl)cc2)cc1. The van der Waals surface area contributed by atoms with Crippen molar-refractivity contribution < 1.29 is 9.53 Å². The lowest BCUT2D eigenvalue weighted by atomic mass is 10.0. The van der Waals surface area contributed by atoms with Gasteiger partial charge < -0.3 is 10.1 Å². The van der Waals surface area contributed by atoms with Crippen molar-refractivity contribution in [2.75, 3.05) is 13.2 Å². The summed E-state index contributed by atoms with van der Waals surface area (Å²) in [5.41, 5.74) is 2.68. The lowest BCUT2D eigenvalue weighted by Gasteiger charge is -2.08. The number of halogens is 1. The third kappa shape index (κ3) is 7.49. The van der Waals surface area contributed by atoms with Crippen LogP contribution in [-0.2, 0) is 11.2 Å². The first-order valence-electron chi connectivity index (χ1n) is 9.28. The Balaban J connectivity index is 1.54. The van der Waals surface area contributed by atoms with Gasteiger partial charge in [-0.1, -0.05) is 49.7 Å². The number of amides is 1. The number of rotatable bonds is 10. The van der Waals surface area contributed by atoms with Crippen LogP contribution in [0.1, 0.15) is 50.2 Å². The summed E-state index contributed by atoms with van der Waals surface area (Å²) in [6.45, 7) is 5.64. The third-order valence-corrected chi connectivity index (χ3v) is 4.49. The zero-order chi connectivity index (χ0) is 18.8. The fourth-order valence-electron chi connectivity index (χ4n) is 2.63. The second kappa shape index (κ2) is 10.9. The van der Waals surface area contributed by atoms with E-state index in [4.69, 9.17) is 16.3 Å². The molecule has 0 unspecified atom stereocenters. The number of aryl methyl sites for hydroxylation is 1. The molecule has 0 aliphatic heterocycles. The van der Waals surface area contributed by atoms with Crippen LogP contribution >= 0.6 is 11.6 Å². The fraction of sp³-hybridized carbons (Fsp3) is 0.409. The maximum atomic E-state index is 11.8. The minimum absolute atomic E-state index is 0.0832. The highest BCUT2D eigenvalue weighted by Crippen LogP contribution is 2.16. The maximum Gasteiger partial charge on any atom is 0.220 e. The third-order valence-electron chi connectivity index (χ3n) is 4.24. The molecule has 0 spiro atoms. The van der Waals surface area contributed by atoms with E-state index in [0.717, 1.165) is 18.6 Å². The van der Waals surface area contributed by atoms with Gasteiger partial charge in [0.2, 0.25) is 5.91 Å². The summed E-state index contributed by atoms with van der Waals surface area (Å²) in [4.78, 5) is 11.8. The van der Waals surface area contributed by atoms with Crippen molar-refractivity contribution in [1.82, 2.24) is 5.32 Å². The van der Waals surface area contributed by atoms with Gasteiger partial charge in [-0.3, -0.25) is 4.79 Å². The first kappa shape index (κ1) is 20.3. The Morgan fingerprint density at radius 1 is 1.04 bits per heavy atom.